The number of aromatic nitrogens is 3. The summed E-state index contributed by atoms with van der Waals surface area (Å²) in [4.78, 5) is 17.2. The van der Waals surface area contributed by atoms with Crippen molar-refractivity contribution < 1.29 is 13.9 Å². The molecular formula is C20H20FN5O2. The second kappa shape index (κ2) is 5.92. The lowest BCUT2D eigenvalue weighted by Crippen LogP contribution is -2.41. The van der Waals surface area contributed by atoms with Gasteiger partial charge in [0.2, 0.25) is 0 Å². The van der Waals surface area contributed by atoms with Gasteiger partial charge < -0.3 is 15.4 Å². The van der Waals surface area contributed by atoms with E-state index >= 15 is 0 Å². The van der Waals surface area contributed by atoms with Gasteiger partial charge in [-0.25, -0.2) is 13.9 Å². The van der Waals surface area contributed by atoms with Crippen molar-refractivity contribution in [2.75, 3.05) is 11.9 Å². The summed E-state index contributed by atoms with van der Waals surface area (Å²) in [6.07, 6.45) is 3.19. The Morgan fingerprint density at radius 1 is 1.32 bits per heavy atom. The van der Waals surface area contributed by atoms with Crippen LogP contribution in [0.5, 0.6) is 5.75 Å². The molecule has 2 aromatic heterocycles. The van der Waals surface area contributed by atoms with E-state index in [-0.39, 0.29) is 17.8 Å². The predicted molar refractivity (Wildman–Crippen MR) is 101 cm³/mol. The summed E-state index contributed by atoms with van der Waals surface area (Å²) < 4.78 is 21.5. The molecule has 8 heteroatoms. The topological polar surface area (TPSA) is 80.6 Å². The van der Waals surface area contributed by atoms with E-state index in [0.717, 1.165) is 18.4 Å². The van der Waals surface area contributed by atoms with Crippen molar-refractivity contribution in [1.29, 1.82) is 0 Å². The third-order valence-electron chi connectivity index (χ3n) is 5.44. The number of nitrogens with one attached hydrogen (secondary N) is 2. The van der Waals surface area contributed by atoms with E-state index in [9.17, 15) is 9.18 Å². The third kappa shape index (κ3) is 2.76. The van der Waals surface area contributed by atoms with E-state index < -0.39 is 5.54 Å². The fourth-order valence-electron chi connectivity index (χ4n) is 3.55. The van der Waals surface area contributed by atoms with Crippen LogP contribution in [0.3, 0.4) is 0 Å². The number of fused-ring (bicyclic) bond motifs is 2. The van der Waals surface area contributed by atoms with Crippen molar-refractivity contribution >= 4 is 17.4 Å². The highest BCUT2D eigenvalue weighted by Gasteiger charge is 2.45. The van der Waals surface area contributed by atoms with Crippen molar-refractivity contribution in [3.63, 3.8) is 0 Å². The number of imidazole rings is 1. The van der Waals surface area contributed by atoms with Gasteiger partial charge in [-0.15, -0.1) is 5.10 Å². The van der Waals surface area contributed by atoms with Crippen LogP contribution in [0.4, 0.5) is 10.2 Å². The highest BCUT2D eigenvalue weighted by molar-refractivity contribution is 5.94. The van der Waals surface area contributed by atoms with Gasteiger partial charge in [-0.05, 0) is 56.5 Å². The fraction of sp³-hybridized carbons (Fsp3) is 0.350. The van der Waals surface area contributed by atoms with Gasteiger partial charge in [0.05, 0.1) is 17.8 Å². The first-order chi connectivity index (χ1) is 13.4. The number of amides is 1. The Hall–Kier alpha value is -3.16. The van der Waals surface area contributed by atoms with Crippen LogP contribution in [-0.2, 0) is 0 Å². The molecule has 1 aliphatic carbocycles. The molecule has 3 heterocycles. The molecule has 1 aliphatic heterocycles. The summed E-state index contributed by atoms with van der Waals surface area (Å²) in [5, 5.41) is 11.0. The number of aryl methyl sites for hydroxylation is 1. The second-order valence-electron chi connectivity index (χ2n) is 7.66. The molecule has 3 aromatic rings. The Kier molecular flexibility index (Phi) is 3.59. The monoisotopic (exact) mass is 381 g/mol. The van der Waals surface area contributed by atoms with Gasteiger partial charge in [-0.1, -0.05) is 0 Å². The molecule has 1 atom stereocenters. The number of carbonyl (C=O) groups is 1. The lowest BCUT2D eigenvalue weighted by atomic mass is 10.1. The van der Waals surface area contributed by atoms with E-state index in [1.54, 1.807) is 10.6 Å². The zero-order valence-electron chi connectivity index (χ0n) is 15.6. The zero-order valence-corrected chi connectivity index (χ0v) is 15.6. The summed E-state index contributed by atoms with van der Waals surface area (Å²) in [5.74, 6) is 0.637. The van der Waals surface area contributed by atoms with Gasteiger partial charge >= 0.3 is 0 Å². The van der Waals surface area contributed by atoms with E-state index in [0.29, 0.717) is 35.1 Å². The first-order valence-electron chi connectivity index (χ1n) is 9.31. The number of hydrogen-bond donors (Lipinski definition) is 2. The van der Waals surface area contributed by atoms with Gasteiger partial charge in [0.15, 0.2) is 17.2 Å². The molecule has 1 saturated carbocycles. The van der Waals surface area contributed by atoms with Gasteiger partial charge in [-0.3, -0.25) is 4.79 Å². The largest absolute Gasteiger partial charge is 0.491 e. The van der Waals surface area contributed by atoms with Crippen molar-refractivity contribution in [2.45, 2.75) is 38.3 Å². The number of nitrogens with zero attached hydrogens (tertiary/aromatic N) is 3. The number of carbonyl (C=O) groups excluding carboxylic acids is 1. The second-order valence-corrected chi connectivity index (χ2v) is 7.66. The Bertz CT molecular complexity index is 1110. The van der Waals surface area contributed by atoms with E-state index in [4.69, 9.17) is 4.74 Å². The SMILES string of the molecule is Cc1cc2ncc3n2nc1N[C@H](C)c1cc(F)ccc1OCC1(CC1)NC3=O. The van der Waals surface area contributed by atoms with Crippen LogP contribution < -0.4 is 15.4 Å². The number of benzene rings is 1. The standard InChI is InChI=1S/C20H20FN5O2/c1-11-7-17-22-9-15-19(27)24-20(5-6-20)10-28-16-4-3-13(21)8-14(16)12(2)23-18(11)25-26(15)17/h3-4,7-9,12H,5-6,10H2,1-2H3,(H,23,25)(H,24,27)/t12-/m1/s1. The average molecular weight is 381 g/mol. The minimum Gasteiger partial charge on any atom is -0.491 e. The average Bonchev–Trinajstić information content (AvgIpc) is 3.30. The molecule has 0 radical (unpaired) electrons. The van der Waals surface area contributed by atoms with Gasteiger partial charge in [0, 0.05) is 5.56 Å². The molecule has 2 aliphatic rings. The lowest BCUT2D eigenvalue weighted by Gasteiger charge is -2.22. The van der Waals surface area contributed by atoms with Crippen molar-refractivity contribution in [3.8, 4) is 5.75 Å². The van der Waals surface area contributed by atoms with Crippen LogP contribution >= 0.6 is 0 Å². The number of rotatable bonds is 0. The molecule has 5 rings (SSSR count). The molecule has 144 valence electrons. The van der Waals surface area contributed by atoms with Crippen LogP contribution in [0.1, 0.15) is 47.4 Å². The minimum absolute atomic E-state index is 0.234. The van der Waals surface area contributed by atoms with Crippen LogP contribution in [0.15, 0.2) is 30.5 Å². The number of hydrogen-bond acceptors (Lipinski definition) is 5. The molecule has 1 aromatic carbocycles. The Morgan fingerprint density at radius 3 is 2.93 bits per heavy atom. The molecule has 1 spiro atoms. The van der Waals surface area contributed by atoms with Crippen molar-refractivity contribution in [1.82, 2.24) is 19.9 Å². The van der Waals surface area contributed by atoms with Crippen LogP contribution in [0, 0.1) is 12.7 Å². The van der Waals surface area contributed by atoms with Gasteiger partial charge in [0.25, 0.3) is 5.91 Å². The molecule has 2 bridgehead atoms. The summed E-state index contributed by atoms with van der Waals surface area (Å²) in [6, 6.07) is 6.11. The van der Waals surface area contributed by atoms with Crippen LogP contribution in [0.2, 0.25) is 0 Å². The van der Waals surface area contributed by atoms with E-state index in [1.165, 1.54) is 18.3 Å². The zero-order chi connectivity index (χ0) is 19.5. The highest BCUT2D eigenvalue weighted by atomic mass is 19.1. The molecule has 2 N–H and O–H groups in total. The minimum atomic E-state index is -0.412. The molecule has 28 heavy (non-hydrogen) atoms. The smallest absolute Gasteiger partial charge is 0.272 e. The maximum Gasteiger partial charge on any atom is 0.272 e. The molecular weight excluding hydrogens is 361 g/mol. The molecule has 0 unspecified atom stereocenters. The van der Waals surface area contributed by atoms with Crippen LogP contribution in [0.25, 0.3) is 5.65 Å². The predicted octanol–water partition coefficient (Wildman–Crippen LogP) is 3.00. The van der Waals surface area contributed by atoms with Gasteiger partial charge in [-0.2, -0.15) is 0 Å². The lowest BCUT2D eigenvalue weighted by molar-refractivity contribution is 0.0905. The fourth-order valence-corrected chi connectivity index (χ4v) is 3.55. The number of ether oxygens (including phenoxy) is 1. The molecule has 0 saturated heterocycles. The Morgan fingerprint density at radius 2 is 2.14 bits per heavy atom. The first-order valence-corrected chi connectivity index (χ1v) is 9.31. The third-order valence-corrected chi connectivity index (χ3v) is 5.44. The molecule has 1 fully saturated rings. The van der Waals surface area contributed by atoms with Crippen molar-refractivity contribution in [2.24, 2.45) is 0 Å². The number of anilines is 1. The van der Waals surface area contributed by atoms with Crippen molar-refractivity contribution in [3.05, 3.63) is 53.1 Å². The maximum atomic E-state index is 13.9. The quantitative estimate of drug-likeness (QED) is 0.626. The van der Waals surface area contributed by atoms with E-state index in [1.807, 2.05) is 19.9 Å². The first kappa shape index (κ1) is 17.0. The number of halogens is 1. The van der Waals surface area contributed by atoms with Gasteiger partial charge in [0.1, 0.15) is 18.2 Å². The Balaban J connectivity index is 1.66. The summed E-state index contributed by atoms with van der Waals surface area (Å²) >= 11 is 0. The summed E-state index contributed by atoms with van der Waals surface area (Å²) in [6.45, 7) is 4.17. The summed E-state index contributed by atoms with van der Waals surface area (Å²) in [7, 11) is 0. The molecule has 1 amide bonds. The van der Waals surface area contributed by atoms with E-state index in [2.05, 4.69) is 20.7 Å². The maximum absolute atomic E-state index is 13.9. The normalized spacial score (nSPS) is 20.4. The van der Waals surface area contributed by atoms with Crippen LogP contribution in [-0.4, -0.2) is 32.7 Å². The molecule has 7 nitrogen and oxygen atoms in total. The summed E-state index contributed by atoms with van der Waals surface area (Å²) in [5.41, 5.74) is 2.14. The highest BCUT2D eigenvalue weighted by Crippen LogP contribution is 2.38. The Labute approximate surface area is 160 Å².